The summed E-state index contributed by atoms with van der Waals surface area (Å²) < 4.78 is 29.5. The van der Waals surface area contributed by atoms with Crippen LogP contribution in [0, 0.1) is 0 Å². The van der Waals surface area contributed by atoms with Gasteiger partial charge in [-0.2, -0.15) is 0 Å². The highest BCUT2D eigenvalue weighted by Crippen LogP contribution is 2.24. The van der Waals surface area contributed by atoms with Crippen LogP contribution in [0.15, 0.2) is 10.9 Å². The first-order valence-electron chi connectivity index (χ1n) is 4.19. The van der Waals surface area contributed by atoms with Crippen LogP contribution in [-0.2, 0) is 10.6 Å². The van der Waals surface area contributed by atoms with Crippen LogP contribution in [0.4, 0.5) is 8.78 Å². The van der Waals surface area contributed by atoms with Crippen LogP contribution in [0.1, 0.15) is 28.0 Å². The predicted molar refractivity (Wildman–Crippen MR) is 52.9 cm³/mol. The molecule has 0 unspecified atom stereocenters. The Labute approximate surface area is 94.2 Å². The van der Waals surface area contributed by atoms with Gasteiger partial charge in [0, 0.05) is 17.2 Å². The Balaban J connectivity index is 3.48. The summed E-state index contributed by atoms with van der Waals surface area (Å²) >= 11 is 5.47. The number of aromatic amines is 1. The maximum Gasteiger partial charge on any atom is 0.354 e. The molecule has 4 nitrogen and oxygen atoms in total. The van der Waals surface area contributed by atoms with Crippen molar-refractivity contribution in [1.29, 1.82) is 0 Å². The fourth-order valence-electron chi connectivity index (χ4n) is 1.22. The van der Waals surface area contributed by atoms with E-state index in [4.69, 9.17) is 11.6 Å². The van der Waals surface area contributed by atoms with E-state index < -0.39 is 23.5 Å². The maximum atomic E-state index is 12.6. The van der Waals surface area contributed by atoms with Crippen molar-refractivity contribution in [3.8, 4) is 0 Å². The number of esters is 1. The number of nitrogens with one attached hydrogen (secondary N) is 1. The fraction of sp³-hybridized carbons (Fsp3) is 0.333. The minimum absolute atomic E-state index is 0.122. The van der Waals surface area contributed by atoms with E-state index >= 15 is 0 Å². The van der Waals surface area contributed by atoms with Crippen molar-refractivity contribution in [3.63, 3.8) is 0 Å². The number of rotatable bonds is 3. The highest BCUT2D eigenvalue weighted by Gasteiger charge is 2.21. The van der Waals surface area contributed by atoms with Crippen molar-refractivity contribution in [2.24, 2.45) is 0 Å². The Morgan fingerprint density at radius 3 is 2.69 bits per heavy atom. The van der Waals surface area contributed by atoms with Gasteiger partial charge in [-0.25, -0.2) is 13.6 Å². The molecular formula is C9H8ClF2NO3. The Morgan fingerprint density at radius 1 is 1.62 bits per heavy atom. The summed E-state index contributed by atoms with van der Waals surface area (Å²) in [5, 5.41) is 0. The van der Waals surface area contributed by atoms with Crippen LogP contribution in [0.5, 0.6) is 0 Å². The summed E-state index contributed by atoms with van der Waals surface area (Å²) in [5.41, 5.74) is -1.81. The lowest BCUT2D eigenvalue weighted by Crippen LogP contribution is -2.18. The second kappa shape index (κ2) is 5.07. The van der Waals surface area contributed by atoms with Crippen LogP contribution >= 0.6 is 11.6 Å². The van der Waals surface area contributed by atoms with E-state index in [1.54, 1.807) is 0 Å². The number of ether oxygens (including phenoxy) is 1. The first-order valence-corrected chi connectivity index (χ1v) is 4.73. The molecule has 0 saturated heterocycles. The van der Waals surface area contributed by atoms with Crippen molar-refractivity contribution in [1.82, 2.24) is 4.98 Å². The Kier molecular flexibility index (Phi) is 4.00. The SMILES string of the molecule is COC(=O)c1[nH]c(=O)cc(C(F)F)c1CCl. The summed E-state index contributed by atoms with van der Waals surface area (Å²) in [4.78, 5) is 24.4. The van der Waals surface area contributed by atoms with Gasteiger partial charge < -0.3 is 9.72 Å². The molecule has 88 valence electrons. The number of carbonyl (C=O) groups is 1. The maximum absolute atomic E-state index is 12.6. The second-order valence-corrected chi connectivity index (χ2v) is 3.14. The molecule has 1 aromatic rings. The quantitative estimate of drug-likeness (QED) is 0.659. The Morgan fingerprint density at radius 2 is 2.25 bits per heavy atom. The summed E-state index contributed by atoms with van der Waals surface area (Å²) in [6, 6.07) is 0.717. The number of aromatic nitrogens is 1. The molecule has 1 rings (SSSR count). The number of alkyl halides is 3. The number of carbonyl (C=O) groups excluding carboxylic acids is 1. The number of H-pyrrole nitrogens is 1. The van der Waals surface area contributed by atoms with Gasteiger partial charge in [-0.3, -0.25) is 4.79 Å². The molecule has 0 amide bonds. The number of methoxy groups -OCH3 is 1. The molecule has 0 bridgehead atoms. The smallest absolute Gasteiger partial charge is 0.354 e. The molecule has 0 spiro atoms. The van der Waals surface area contributed by atoms with Gasteiger partial charge in [-0.1, -0.05) is 0 Å². The highest BCUT2D eigenvalue weighted by atomic mass is 35.5. The lowest BCUT2D eigenvalue weighted by molar-refractivity contribution is 0.0592. The number of halogens is 3. The van der Waals surface area contributed by atoms with Gasteiger partial charge in [-0.15, -0.1) is 11.6 Å². The minimum Gasteiger partial charge on any atom is -0.464 e. The van der Waals surface area contributed by atoms with Crippen molar-refractivity contribution >= 4 is 17.6 Å². The third kappa shape index (κ3) is 2.38. The Hall–Kier alpha value is -1.43. The molecule has 1 aromatic heterocycles. The lowest BCUT2D eigenvalue weighted by atomic mass is 10.1. The molecule has 0 aliphatic heterocycles. The molecule has 0 fully saturated rings. The van der Waals surface area contributed by atoms with Gasteiger partial charge in [0.05, 0.1) is 13.0 Å². The van der Waals surface area contributed by atoms with E-state index in [-0.39, 0.29) is 17.1 Å². The van der Waals surface area contributed by atoms with Crippen LogP contribution < -0.4 is 5.56 Å². The summed E-state index contributed by atoms with van der Waals surface area (Å²) in [6.45, 7) is 0. The van der Waals surface area contributed by atoms with Crippen LogP contribution in [0.2, 0.25) is 0 Å². The minimum atomic E-state index is -2.88. The second-order valence-electron chi connectivity index (χ2n) is 2.87. The molecule has 0 saturated carbocycles. The van der Waals surface area contributed by atoms with Gasteiger partial charge in [0.2, 0.25) is 5.56 Å². The van der Waals surface area contributed by atoms with Gasteiger partial charge in [0.1, 0.15) is 5.69 Å². The number of hydrogen-bond donors (Lipinski definition) is 1. The molecule has 0 radical (unpaired) electrons. The van der Waals surface area contributed by atoms with Crippen molar-refractivity contribution < 1.29 is 18.3 Å². The van der Waals surface area contributed by atoms with Crippen molar-refractivity contribution in [2.45, 2.75) is 12.3 Å². The molecule has 0 aliphatic rings. The molecular weight excluding hydrogens is 244 g/mol. The lowest BCUT2D eigenvalue weighted by Gasteiger charge is -2.09. The van der Waals surface area contributed by atoms with E-state index in [0.717, 1.165) is 13.2 Å². The van der Waals surface area contributed by atoms with E-state index in [1.165, 1.54) is 0 Å². The average molecular weight is 252 g/mol. The number of hydrogen-bond acceptors (Lipinski definition) is 3. The zero-order valence-electron chi connectivity index (χ0n) is 8.22. The number of pyridine rings is 1. The van der Waals surface area contributed by atoms with Crippen LogP contribution in [0.3, 0.4) is 0 Å². The molecule has 1 heterocycles. The normalized spacial score (nSPS) is 10.6. The van der Waals surface area contributed by atoms with E-state index in [0.29, 0.717) is 0 Å². The molecule has 16 heavy (non-hydrogen) atoms. The molecule has 1 N–H and O–H groups in total. The molecule has 0 aromatic carbocycles. The van der Waals surface area contributed by atoms with Crippen molar-refractivity contribution in [3.05, 3.63) is 33.2 Å². The molecule has 0 atom stereocenters. The first-order chi connectivity index (χ1) is 7.51. The standard InChI is InChI=1S/C9H8ClF2NO3/c1-16-9(15)7-5(3-10)4(8(11)12)2-6(14)13-7/h2,8H,3H2,1H3,(H,13,14). The summed E-state index contributed by atoms with van der Waals surface area (Å²) in [7, 11) is 1.08. The summed E-state index contributed by atoms with van der Waals surface area (Å²) in [5.74, 6) is -1.23. The first kappa shape index (κ1) is 12.6. The van der Waals surface area contributed by atoms with E-state index in [9.17, 15) is 18.4 Å². The monoisotopic (exact) mass is 251 g/mol. The topological polar surface area (TPSA) is 59.2 Å². The Bertz CT molecular complexity index is 459. The third-order valence-corrected chi connectivity index (χ3v) is 2.21. The van der Waals surface area contributed by atoms with Crippen molar-refractivity contribution in [2.75, 3.05) is 7.11 Å². The zero-order valence-corrected chi connectivity index (χ0v) is 8.98. The van der Waals surface area contributed by atoms with Crippen LogP contribution in [-0.4, -0.2) is 18.1 Å². The largest absolute Gasteiger partial charge is 0.464 e. The van der Waals surface area contributed by atoms with Gasteiger partial charge in [0.15, 0.2) is 0 Å². The fourth-order valence-corrected chi connectivity index (χ4v) is 1.51. The molecule has 7 heteroatoms. The average Bonchev–Trinajstić information content (AvgIpc) is 2.26. The molecule has 0 aliphatic carbocycles. The highest BCUT2D eigenvalue weighted by molar-refractivity contribution is 6.17. The van der Waals surface area contributed by atoms with Gasteiger partial charge >= 0.3 is 5.97 Å². The summed E-state index contributed by atoms with van der Waals surface area (Å²) in [6.07, 6.45) is -2.88. The van der Waals surface area contributed by atoms with Crippen LogP contribution in [0.25, 0.3) is 0 Å². The van der Waals surface area contributed by atoms with Gasteiger partial charge in [0.25, 0.3) is 6.43 Å². The van der Waals surface area contributed by atoms with E-state index in [1.807, 2.05) is 0 Å². The van der Waals surface area contributed by atoms with Gasteiger partial charge in [-0.05, 0) is 0 Å². The predicted octanol–water partition coefficient (Wildman–Crippen LogP) is 1.84. The third-order valence-electron chi connectivity index (χ3n) is 1.94. The van der Waals surface area contributed by atoms with E-state index in [2.05, 4.69) is 9.72 Å². The zero-order chi connectivity index (χ0) is 12.3.